The zero-order valence-corrected chi connectivity index (χ0v) is 13.2. The normalized spacial score (nSPS) is 12.6. The quantitative estimate of drug-likeness (QED) is 0.873. The van der Waals surface area contributed by atoms with E-state index in [1.54, 1.807) is 0 Å². The van der Waals surface area contributed by atoms with Crippen molar-refractivity contribution in [3.8, 4) is 0 Å². The average Bonchev–Trinajstić information content (AvgIpc) is 2.85. The summed E-state index contributed by atoms with van der Waals surface area (Å²) in [6.45, 7) is 3.10. The van der Waals surface area contributed by atoms with Crippen molar-refractivity contribution in [3.63, 3.8) is 0 Å². The Morgan fingerprint density at radius 1 is 1.30 bits per heavy atom. The third-order valence-electron chi connectivity index (χ3n) is 3.31. The molecular weight excluding hydrogens is 293 g/mol. The average molecular weight is 312 g/mol. The van der Waals surface area contributed by atoms with E-state index in [-0.39, 0.29) is 6.04 Å². The van der Waals surface area contributed by atoms with Gasteiger partial charge in [-0.2, -0.15) is 5.10 Å². The van der Waals surface area contributed by atoms with Crippen LogP contribution in [0.1, 0.15) is 30.6 Å². The summed E-state index contributed by atoms with van der Waals surface area (Å²) in [5, 5.41) is 9.03. The van der Waals surface area contributed by atoms with E-state index in [0.717, 1.165) is 30.6 Å². The Labute approximate surface area is 129 Å². The van der Waals surface area contributed by atoms with Crippen LogP contribution in [0.3, 0.4) is 0 Å². The van der Waals surface area contributed by atoms with E-state index < -0.39 is 0 Å². The Morgan fingerprint density at radius 3 is 2.75 bits per heavy atom. The molecule has 0 aliphatic heterocycles. The topological polar surface area (TPSA) is 29.9 Å². The molecule has 3 nitrogen and oxygen atoms in total. The lowest BCUT2D eigenvalue weighted by molar-refractivity contribution is 0.493. The number of hydrogen-bond donors (Lipinski definition) is 1. The van der Waals surface area contributed by atoms with Crippen molar-refractivity contribution in [3.05, 3.63) is 51.8 Å². The fourth-order valence-corrected chi connectivity index (χ4v) is 2.65. The molecule has 2 aromatic rings. The molecule has 1 atom stereocenters. The summed E-state index contributed by atoms with van der Waals surface area (Å²) in [5.41, 5.74) is 2.20. The second kappa shape index (κ2) is 7.11. The van der Waals surface area contributed by atoms with Gasteiger partial charge in [0.1, 0.15) is 0 Å². The maximum Gasteiger partial charge on any atom is 0.0625 e. The summed E-state index contributed by atoms with van der Waals surface area (Å²) in [6, 6.07) is 7.98. The molecule has 0 aliphatic carbocycles. The van der Waals surface area contributed by atoms with Gasteiger partial charge in [-0.3, -0.25) is 4.68 Å². The lowest BCUT2D eigenvalue weighted by Gasteiger charge is -2.20. The predicted molar refractivity (Wildman–Crippen MR) is 84.4 cm³/mol. The molecule has 0 amide bonds. The number of benzene rings is 1. The number of aryl methyl sites for hydroxylation is 1. The summed E-state index contributed by atoms with van der Waals surface area (Å²) < 4.78 is 1.89. The second-order valence-corrected chi connectivity index (χ2v) is 5.59. The fraction of sp³-hybridized carbons (Fsp3) is 0.400. The first kappa shape index (κ1) is 15.4. The molecular formula is C15H19Cl2N3. The lowest BCUT2D eigenvalue weighted by atomic mass is 10.0. The summed E-state index contributed by atoms with van der Waals surface area (Å²) in [5.74, 6) is 0. The smallest absolute Gasteiger partial charge is 0.0625 e. The molecule has 0 aliphatic rings. The maximum absolute atomic E-state index is 6.29. The van der Waals surface area contributed by atoms with Gasteiger partial charge < -0.3 is 5.32 Å². The highest BCUT2D eigenvalue weighted by atomic mass is 35.5. The van der Waals surface area contributed by atoms with E-state index in [1.807, 2.05) is 42.2 Å². The number of halogens is 2. The van der Waals surface area contributed by atoms with Gasteiger partial charge in [0.05, 0.1) is 21.8 Å². The van der Waals surface area contributed by atoms with Gasteiger partial charge in [0.2, 0.25) is 0 Å². The van der Waals surface area contributed by atoms with Crippen LogP contribution in [0.15, 0.2) is 30.5 Å². The highest BCUT2D eigenvalue weighted by Gasteiger charge is 2.17. The van der Waals surface area contributed by atoms with Crippen molar-refractivity contribution in [1.82, 2.24) is 15.1 Å². The number of rotatable bonds is 6. The van der Waals surface area contributed by atoms with Gasteiger partial charge in [0, 0.05) is 13.2 Å². The van der Waals surface area contributed by atoms with Crippen molar-refractivity contribution in [2.24, 2.45) is 7.05 Å². The molecule has 108 valence electrons. The molecule has 0 bridgehead atoms. The molecule has 1 heterocycles. The van der Waals surface area contributed by atoms with E-state index >= 15 is 0 Å². The molecule has 0 fully saturated rings. The minimum atomic E-state index is 0.179. The molecule has 0 spiro atoms. The monoisotopic (exact) mass is 311 g/mol. The molecule has 20 heavy (non-hydrogen) atoms. The predicted octanol–water partition coefficient (Wildman–Crippen LogP) is 4.01. The van der Waals surface area contributed by atoms with Gasteiger partial charge in [-0.15, -0.1) is 0 Å². The standard InChI is InChI=1S/C15H19Cl2N3/c1-3-8-18-13(14-7-9-19-20(14)2)10-11-5-4-6-12(16)15(11)17/h4-7,9,13,18H,3,8,10H2,1-2H3. The highest BCUT2D eigenvalue weighted by Crippen LogP contribution is 2.29. The third kappa shape index (κ3) is 3.54. The van der Waals surface area contributed by atoms with Crippen LogP contribution in [0, 0.1) is 0 Å². The number of aromatic nitrogens is 2. The lowest BCUT2D eigenvalue weighted by Crippen LogP contribution is -2.26. The van der Waals surface area contributed by atoms with Crippen molar-refractivity contribution >= 4 is 23.2 Å². The molecule has 5 heteroatoms. The first-order valence-corrected chi connectivity index (χ1v) is 7.53. The van der Waals surface area contributed by atoms with Gasteiger partial charge in [-0.1, -0.05) is 42.3 Å². The van der Waals surface area contributed by atoms with Crippen LogP contribution in [0.2, 0.25) is 10.0 Å². The number of nitrogens with zero attached hydrogens (tertiary/aromatic N) is 2. The summed E-state index contributed by atoms with van der Waals surface area (Å²) in [7, 11) is 1.95. The van der Waals surface area contributed by atoms with Crippen LogP contribution < -0.4 is 5.32 Å². The van der Waals surface area contributed by atoms with Crippen molar-refractivity contribution < 1.29 is 0 Å². The second-order valence-electron chi connectivity index (χ2n) is 4.80. The minimum absolute atomic E-state index is 0.179. The van der Waals surface area contributed by atoms with Crippen molar-refractivity contribution in [1.29, 1.82) is 0 Å². The van der Waals surface area contributed by atoms with Crippen molar-refractivity contribution in [2.45, 2.75) is 25.8 Å². The van der Waals surface area contributed by atoms with E-state index in [1.165, 1.54) is 0 Å². The first-order chi connectivity index (χ1) is 9.63. The van der Waals surface area contributed by atoms with Crippen LogP contribution in [0.4, 0.5) is 0 Å². The summed E-state index contributed by atoms with van der Waals surface area (Å²) >= 11 is 12.4. The zero-order valence-electron chi connectivity index (χ0n) is 11.7. The third-order valence-corrected chi connectivity index (χ3v) is 4.17. The highest BCUT2D eigenvalue weighted by molar-refractivity contribution is 6.42. The molecule has 2 rings (SSSR count). The zero-order chi connectivity index (χ0) is 14.5. The van der Waals surface area contributed by atoms with E-state index in [4.69, 9.17) is 23.2 Å². The van der Waals surface area contributed by atoms with E-state index in [9.17, 15) is 0 Å². The van der Waals surface area contributed by atoms with E-state index in [2.05, 4.69) is 17.3 Å². The molecule has 1 unspecified atom stereocenters. The number of hydrogen-bond acceptors (Lipinski definition) is 2. The van der Waals surface area contributed by atoms with Crippen LogP contribution >= 0.6 is 23.2 Å². The van der Waals surface area contributed by atoms with Gasteiger partial charge in [-0.25, -0.2) is 0 Å². The molecule has 0 saturated carbocycles. The van der Waals surface area contributed by atoms with Gasteiger partial charge in [0.15, 0.2) is 0 Å². The molecule has 1 aromatic carbocycles. The van der Waals surface area contributed by atoms with Crippen LogP contribution in [-0.4, -0.2) is 16.3 Å². The summed E-state index contributed by atoms with van der Waals surface area (Å²) in [4.78, 5) is 0. The van der Waals surface area contributed by atoms with Crippen LogP contribution in [0.5, 0.6) is 0 Å². The Hall–Kier alpha value is -1.03. The van der Waals surface area contributed by atoms with Crippen molar-refractivity contribution in [2.75, 3.05) is 6.54 Å². The molecule has 1 N–H and O–H groups in total. The minimum Gasteiger partial charge on any atom is -0.308 e. The maximum atomic E-state index is 6.29. The molecule has 0 saturated heterocycles. The largest absolute Gasteiger partial charge is 0.308 e. The Bertz CT molecular complexity index is 566. The molecule has 1 aromatic heterocycles. The Balaban J connectivity index is 2.24. The van der Waals surface area contributed by atoms with Gasteiger partial charge in [0.25, 0.3) is 0 Å². The van der Waals surface area contributed by atoms with Crippen LogP contribution in [-0.2, 0) is 13.5 Å². The Kier molecular flexibility index (Phi) is 5.46. The Morgan fingerprint density at radius 2 is 2.10 bits per heavy atom. The van der Waals surface area contributed by atoms with Gasteiger partial charge in [-0.05, 0) is 37.1 Å². The molecule has 0 radical (unpaired) electrons. The van der Waals surface area contributed by atoms with E-state index in [0.29, 0.717) is 10.0 Å². The first-order valence-electron chi connectivity index (χ1n) is 6.77. The van der Waals surface area contributed by atoms with Crippen LogP contribution in [0.25, 0.3) is 0 Å². The fourth-order valence-electron chi connectivity index (χ4n) is 2.25. The summed E-state index contributed by atoms with van der Waals surface area (Å²) in [6.07, 6.45) is 3.69. The number of nitrogens with one attached hydrogen (secondary N) is 1. The van der Waals surface area contributed by atoms with Gasteiger partial charge >= 0.3 is 0 Å². The SMILES string of the molecule is CCCNC(Cc1cccc(Cl)c1Cl)c1ccnn1C.